The van der Waals surface area contributed by atoms with Crippen molar-refractivity contribution in [1.82, 2.24) is 0 Å². The number of nitrogens with one attached hydrogen (secondary N) is 1. The summed E-state index contributed by atoms with van der Waals surface area (Å²) in [5.41, 5.74) is -0.0248. The van der Waals surface area contributed by atoms with Gasteiger partial charge in [0.15, 0.2) is 0 Å². The van der Waals surface area contributed by atoms with Gasteiger partial charge >= 0.3 is 0 Å². The van der Waals surface area contributed by atoms with Gasteiger partial charge in [-0.3, -0.25) is 4.79 Å². The molecule has 4 heteroatoms. The number of anilines is 1. The number of hydrogen-bond donors (Lipinski definition) is 1. The van der Waals surface area contributed by atoms with Crippen LogP contribution in [0.5, 0.6) is 5.75 Å². The van der Waals surface area contributed by atoms with Crippen LogP contribution in [0.1, 0.15) is 59.8 Å². The normalized spacial score (nSPS) is 13.3. The first-order valence-corrected chi connectivity index (χ1v) is 10.2. The zero-order valence-corrected chi connectivity index (χ0v) is 17.1. The van der Waals surface area contributed by atoms with Crippen molar-refractivity contribution in [1.29, 1.82) is 0 Å². The molecule has 2 aromatic rings. The summed E-state index contributed by atoms with van der Waals surface area (Å²) >= 11 is 0. The molecule has 27 heavy (non-hydrogen) atoms. The lowest BCUT2D eigenvalue weighted by Crippen LogP contribution is -2.43. The largest absolute Gasteiger partial charge is 0.493 e. The number of ether oxygens (including phenoxy) is 2. The highest BCUT2D eigenvalue weighted by atomic mass is 16.5. The summed E-state index contributed by atoms with van der Waals surface area (Å²) in [4.78, 5) is 13.0. The second-order valence-corrected chi connectivity index (χ2v) is 7.14. The average Bonchev–Trinajstić information content (AvgIpc) is 2.68. The minimum Gasteiger partial charge on any atom is -0.493 e. The Balaban J connectivity index is 2.27. The highest BCUT2D eigenvalue weighted by molar-refractivity contribution is 6.06. The second-order valence-electron chi connectivity index (χ2n) is 7.14. The highest BCUT2D eigenvalue weighted by Gasteiger charge is 2.33. The number of amides is 1. The molecular weight excluding hydrogens is 338 g/mol. The third-order valence-corrected chi connectivity index (χ3v) is 4.72. The molecule has 1 atom stereocenters. The maximum atomic E-state index is 13.0. The number of benzene rings is 2. The molecule has 0 aromatic heterocycles. The molecule has 0 aliphatic rings. The number of unbranched alkanes of at least 4 members (excludes halogenated alkanes) is 1. The first-order chi connectivity index (χ1) is 13.1. The van der Waals surface area contributed by atoms with Gasteiger partial charge in [-0.05, 0) is 38.3 Å². The van der Waals surface area contributed by atoms with Gasteiger partial charge in [-0.15, -0.1) is 0 Å². The molecule has 0 unspecified atom stereocenters. The van der Waals surface area contributed by atoms with E-state index in [0.717, 1.165) is 47.9 Å². The van der Waals surface area contributed by atoms with Crippen molar-refractivity contribution < 1.29 is 14.3 Å². The molecule has 1 N–H and O–H groups in total. The van der Waals surface area contributed by atoms with Crippen LogP contribution in [-0.2, 0) is 9.53 Å². The van der Waals surface area contributed by atoms with E-state index in [1.54, 1.807) is 0 Å². The molecule has 148 valence electrons. The van der Waals surface area contributed by atoms with E-state index in [0.29, 0.717) is 19.6 Å². The van der Waals surface area contributed by atoms with E-state index in [4.69, 9.17) is 9.47 Å². The molecule has 0 radical (unpaired) electrons. The van der Waals surface area contributed by atoms with Crippen molar-refractivity contribution in [2.45, 2.75) is 65.4 Å². The fourth-order valence-electron chi connectivity index (χ4n) is 3.14. The quantitative estimate of drug-likeness (QED) is 0.497. The van der Waals surface area contributed by atoms with Gasteiger partial charge in [-0.1, -0.05) is 57.9 Å². The molecule has 0 saturated carbocycles. The summed E-state index contributed by atoms with van der Waals surface area (Å²) < 4.78 is 11.9. The molecule has 0 spiro atoms. The maximum absolute atomic E-state index is 13.0. The van der Waals surface area contributed by atoms with Crippen LogP contribution < -0.4 is 10.1 Å². The van der Waals surface area contributed by atoms with Gasteiger partial charge in [0.25, 0.3) is 5.91 Å². The number of hydrogen-bond acceptors (Lipinski definition) is 3. The summed E-state index contributed by atoms with van der Waals surface area (Å²) in [7, 11) is 0. The van der Waals surface area contributed by atoms with Crippen LogP contribution >= 0.6 is 0 Å². The Morgan fingerprint density at radius 2 is 1.70 bits per heavy atom. The van der Waals surface area contributed by atoms with Crippen LogP contribution in [0.15, 0.2) is 36.4 Å². The second kappa shape index (κ2) is 10.3. The summed E-state index contributed by atoms with van der Waals surface area (Å²) in [6, 6.07) is 11.9. The molecular formula is C23H33NO3. The van der Waals surface area contributed by atoms with Gasteiger partial charge in [0.1, 0.15) is 11.4 Å². The third-order valence-electron chi connectivity index (χ3n) is 4.72. The number of fused-ring (bicyclic) bond motifs is 1. The zero-order chi connectivity index (χ0) is 19.7. The Hall–Kier alpha value is -2.07. The SMILES string of the molecule is CCCCOc1ccc(NC(=O)[C@](C)(CCC)OCCC)c2ccccc12. The lowest BCUT2D eigenvalue weighted by atomic mass is 9.98. The number of rotatable bonds is 11. The fourth-order valence-corrected chi connectivity index (χ4v) is 3.14. The van der Waals surface area contributed by atoms with Gasteiger partial charge in [0.05, 0.1) is 6.61 Å². The smallest absolute Gasteiger partial charge is 0.256 e. The topological polar surface area (TPSA) is 47.6 Å². The molecule has 0 aliphatic heterocycles. The molecule has 2 rings (SSSR count). The summed E-state index contributed by atoms with van der Waals surface area (Å²) in [6.07, 6.45) is 4.59. The Morgan fingerprint density at radius 3 is 2.37 bits per heavy atom. The van der Waals surface area contributed by atoms with Crippen LogP contribution in [0, 0.1) is 0 Å². The van der Waals surface area contributed by atoms with Crippen molar-refractivity contribution in [3.05, 3.63) is 36.4 Å². The molecule has 1 amide bonds. The Kier molecular flexibility index (Phi) is 8.11. The van der Waals surface area contributed by atoms with Crippen LogP contribution in [0.3, 0.4) is 0 Å². The van der Waals surface area contributed by atoms with Crippen molar-refractivity contribution in [3.8, 4) is 5.75 Å². The lowest BCUT2D eigenvalue weighted by Gasteiger charge is -2.28. The minimum absolute atomic E-state index is 0.0948. The Morgan fingerprint density at radius 1 is 0.963 bits per heavy atom. The minimum atomic E-state index is -0.817. The highest BCUT2D eigenvalue weighted by Crippen LogP contribution is 2.33. The van der Waals surface area contributed by atoms with E-state index in [1.165, 1.54) is 0 Å². The van der Waals surface area contributed by atoms with Gasteiger partial charge in [-0.25, -0.2) is 0 Å². The van der Waals surface area contributed by atoms with E-state index in [-0.39, 0.29) is 5.91 Å². The monoisotopic (exact) mass is 371 g/mol. The molecule has 0 fully saturated rings. The third kappa shape index (κ3) is 5.46. The fraction of sp³-hybridized carbons (Fsp3) is 0.522. The summed E-state index contributed by atoms with van der Waals surface area (Å²) in [6.45, 7) is 9.42. The van der Waals surface area contributed by atoms with E-state index >= 15 is 0 Å². The molecule has 0 bridgehead atoms. The van der Waals surface area contributed by atoms with E-state index in [1.807, 2.05) is 43.3 Å². The van der Waals surface area contributed by atoms with Crippen LogP contribution in [-0.4, -0.2) is 24.7 Å². The first-order valence-electron chi connectivity index (χ1n) is 10.2. The van der Waals surface area contributed by atoms with Gasteiger partial charge in [-0.2, -0.15) is 0 Å². The van der Waals surface area contributed by atoms with Gasteiger partial charge in [0, 0.05) is 23.1 Å². The standard InChI is InChI=1S/C23H33NO3/c1-5-8-17-26-21-14-13-20(18-11-9-10-12-19(18)21)24-22(25)23(4,15-6-2)27-16-7-3/h9-14H,5-8,15-17H2,1-4H3,(H,24,25)/t23-/m0/s1. The first kappa shape index (κ1) is 21.2. The molecule has 0 heterocycles. The van der Waals surface area contributed by atoms with E-state index in [9.17, 15) is 4.79 Å². The van der Waals surface area contributed by atoms with Crippen LogP contribution in [0.25, 0.3) is 10.8 Å². The average molecular weight is 372 g/mol. The predicted molar refractivity (Wildman–Crippen MR) is 113 cm³/mol. The van der Waals surface area contributed by atoms with Crippen molar-refractivity contribution in [3.63, 3.8) is 0 Å². The van der Waals surface area contributed by atoms with E-state index < -0.39 is 5.60 Å². The van der Waals surface area contributed by atoms with Gasteiger partial charge < -0.3 is 14.8 Å². The van der Waals surface area contributed by atoms with Gasteiger partial charge in [0.2, 0.25) is 0 Å². The lowest BCUT2D eigenvalue weighted by molar-refractivity contribution is -0.140. The molecule has 2 aromatic carbocycles. The van der Waals surface area contributed by atoms with Crippen LogP contribution in [0.4, 0.5) is 5.69 Å². The Labute approximate surface area is 163 Å². The summed E-state index contributed by atoms with van der Waals surface area (Å²) in [5.74, 6) is 0.762. The molecule has 0 saturated heterocycles. The molecule has 0 aliphatic carbocycles. The van der Waals surface area contributed by atoms with Crippen molar-refractivity contribution in [2.75, 3.05) is 18.5 Å². The van der Waals surface area contributed by atoms with Crippen LogP contribution in [0.2, 0.25) is 0 Å². The van der Waals surface area contributed by atoms with E-state index in [2.05, 4.69) is 26.1 Å². The molecule has 4 nitrogen and oxygen atoms in total. The number of carbonyl (C=O) groups is 1. The summed E-state index contributed by atoms with van der Waals surface area (Å²) in [5, 5.41) is 5.09. The predicted octanol–water partition coefficient (Wildman–Crippen LogP) is 5.94. The van der Waals surface area contributed by atoms with Crippen molar-refractivity contribution >= 4 is 22.4 Å². The Bertz CT molecular complexity index is 743. The maximum Gasteiger partial charge on any atom is 0.256 e. The zero-order valence-electron chi connectivity index (χ0n) is 17.1. The number of carbonyl (C=O) groups excluding carboxylic acids is 1. The van der Waals surface area contributed by atoms with Crippen molar-refractivity contribution in [2.24, 2.45) is 0 Å².